The molecule has 0 radical (unpaired) electrons. The number of fused-ring (bicyclic) bond motifs is 1. The van der Waals surface area contributed by atoms with Crippen LogP contribution < -0.4 is 15.0 Å². The minimum atomic E-state index is -0.0593. The van der Waals surface area contributed by atoms with Crippen molar-refractivity contribution in [3.8, 4) is 5.88 Å². The number of piperidine rings is 1. The van der Waals surface area contributed by atoms with Gasteiger partial charge in [0.15, 0.2) is 0 Å². The van der Waals surface area contributed by atoms with Gasteiger partial charge in [0.2, 0.25) is 11.8 Å². The molecule has 124 valence electrons. The molecule has 0 bridgehead atoms. The molecule has 3 fully saturated rings. The van der Waals surface area contributed by atoms with Gasteiger partial charge >= 0.3 is 0 Å². The number of methoxy groups -OCH3 is 1. The average molecular weight is 318 g/mol. The first-order chi connectivity index (χ1) is 11.2. The van der Waals surface area contributed by atoms with Gasteiger partial charge in [-0.1, -0.05) is 0 Å². The lowest BCUT2D eigenvalue weighted by Crippen LogP contribution is -2.53. The van der Waals surface area contributed by atoms with Crippen molar-refractivity contribution in [1.82, 2.24) is 15.3 Å². The van der Waals surface area contributed by atoms with Gasteiger partial charge in [0.05, 0.1) is 25.2 Å². The predicted octanol–water partition coefficient (Wildman–Crippen LogP) is 0.748. The maximum absolute atomic E-state index is 12.5. The molecule has 0 unspecified atom stereocenters. The van der Waals surface area contributed by atoms with Crippen molar-refractivity contribution in [2.75, 3.05) is 25.2 Å². The number of anilines is 1. The molecule has 1 amide bonds. The van der Waals surface area contributed by atoms with Crippen LogP contribution in [0.25, 0.3) is 0 Å². The van der Waals surface area contributed by atoms with Crippen LogP contribution in [0.3, 0.4) is 0 Å². The van der Waals surface area contributed by atoms with Crippen molar-refractivity contribution >= 4 is 11.7 Å². The smallest absolute Gasteiger partial charge is 0.225 e. The largest absolute Gasteiger partial charge is 0.481 e. The Morgan fingerprint density at radius 1 is 1.39 bits per heavy atom. The Morgan fingerprint density at radius 2 is 2.26 bits per heavy atom. The molecule has 3 aliphatic rings. The van der Waals surface area contributed by atoms with E-state index >= 15 is 0 Å². The number of nitrogens with zero attached hydrogens (tertiary/aromatic N) is 3. The van der Waals surface area contributed by atoms with Crippen molar-refractivity contribution in [3.05, 3.63) is 12.4 Å². The summed E-state index contributed by atoms with van der Waals surface area (Å²) in [6.45, 7) is 1.41. The van der Waals surface area contributed by atoms with Crippen LogP contribution in [-0.4, -0.2) is 54.3 Å². The molecule has 2 saturated heterocycles. The van der Waals surface area contributed by atoms with Crippen LogP contribution in [0.5, 0.6) is 5.88 Å². The van der Waals surface area contributed by atoms with Gasteiger partial charge in [0.1, 0.15) is 12.1 Å². The number of amides is 1. The van der Waals surface area contributed by atoms with E-state index in [4.69, 9.17) is 9.47 Å². The third kappa shape index (κ3) is 2.97. The fourth-order valence-corrected chi connectivity index (χ4v) is 3.55. The highest BCUT2D eigenvalue weighted by Gasteiger charge is 2.43. The van der Waals surface area contributed by atoms with E-state index in [2.05, 4.69) is 20.2 Å². The molecular weight excluding hydrogens is 296 g/mol. The zero-order valence-corrected chi connectivity index (χ0v) is 13.3. The van der Waals surface area contributed by atoms with Gasteiger partial charge in [-0.2, -0.15) is 0 Å². The maximum Gasteiger partial charge on any atom is 0.225 e. The fourth-order valence-electron chi connectivity index (χ4n) is 3.55. The van der Waals surface area contributed by atoms with Gasteiger partial charge in [-0.25, -0.2) is 9.97 Å². The standard InChI is InChI=1S/C16H22N4O3/c1-22-15-7-14(17-9-18-15)20-8-10(16(21)19-11-2-3-11)6-13-12(20)4-5-23-13/h7,9-13H,2-6,8H2,1H3,(H,19,21)/t10-,12-,13-/m1/s1. The van der Waals surface area contributed by atoms with E-state index in [1.807, 2.05) is 6.07 Å². The van der Waals surface area contributed by atoms with Gasteiger partial charge < -0.3 is 19.7 Å². The summed E-state index contributed by atoms with van der Waals surface area (Å²) in [6, 6.07) is 2.49. The van der Waals surface area contributed by atoms with E-state index < -0.39 is 0 Å². The first-order valence-corrected chi connectivity index (χ1v) is 8.29. The van der Waals surface area contributed by atoms with Gasteiger partial charge in [0, 0.05) is 25.3 Å². The molecule has 4 rings (SSSR count). The van der Waals surface area contributed by atoms with Crippen LogP contribution in [0.4, 0.5) is 5.82 Å². The lowest BCUT2D eigenvalue weighted by Gasteiger charge is -2.41. The highest BCUT2D eigenvalue weighted by atomic mass is 16.5. The summed E-state index contributed by atoms with van der Waals surface area (Å²) in [4.78, 5) is 23.1. The normalized spacial score (nSPS) is 30.0. The number of aromatic nitrogens is 2. The number of hydrogen-bond donors (Lipinski definition) is 1. The second-order valence-corrected chi connectivity index (χ2v) is 6.55. The lowest BCUT2D eigenvalue weighted by molar-refractivity contribution is -0.126. The van der Waals surface area contributed by atoms with Crippen molar-refractivity contribution in [2.45, 2.75) is 43.9 Å². The third-order valence-electron chi connectivity index (χ3n) is 4.93. The Morgan fingerprint density at radius 3 is 3.04 bits per heavy atom. The molecule has 1 aliphatic carbocycles. The topological polar surface area (TPSA) is 76.6 Å². The Balaban J connectivity index is 1.56. The van der Waals surface area contributed by atoms with Crippen LogP contribution in [0.1, 0.15) is 25.7 Å². The maximum atomic E-state index is 12.5. The predicted molar refractivity (Wildman–Crippen MR) is 83.3 cm³/mol. The summed E-state index contributed by atoms with van der Waals surface area (Å²) in [6.07, 6.45) is 5.57. The Kier molecular flexibility index (Phi) is 3.80. The second-order valence-electron chi connectivity index (χ2n) is 6.55. The van der Waals surface area contributed by atoms with E-state index in [9.17, 15) is 4.79 Å². The second kappa shape index (κ2) is 5.96. The highest BCUT2D eigenvalue weighted by Crippen LogP contribution is 2.35. The molecule has 0 aromatic carbocycles. The molecule has 3 atom stereocenters. The lowest BCUT2D eigenvalue weighted by atomic mass is 9.89. The number of carbonyl (C=O) groups is 1. The summed E-state index contributed by atoms with van der Waals surface area (Å²) < 4.78 is 11.1. The third-order valence-corrected chi connectivity index (χ3v) is 4.93. The zero-order valence-electron chi connectivity index (χ0n) is 13.3. The van der Waals surface area contributed by atoms with Crippen molar-refractivity contribution in [1.29, 1.82) is 0 Å². The summed E-state index contributed by atoms with van der Waals surface area (Å²) in [7, 11) is 1.59. The van der Waals surface area contributed by atoms with E-state index in [1.54, 1.807) is 7.11 Å². The summed E-state index contributed by atoms with van der Waals surface area (Å²) in [5.41, 5.74) is 0. The fraction of sp³-hybridized carbons (Fsp3) is 0.688. The van der Waals surface area contributed by atoms with Crippen LogP contribution in [0.15, 0.2) is 12.4 Å². The quantitative estimate of drug-likeness (QED) is 0.883. The van der Waals surface area contributed by atoms with E-state index in [1.165, 1.54) is 6.33 Å². The molecule has 3 heterocycles. The summed E-state index contributed by atoms with van der Waals surface area (Å²) in [5.74, 6) is 1.43. The molecule has 1 N–H and O–H groups in total. The van der Waals surface area contributed by atoms with Crippen LogP contribution in [-0.2, 0) is 9.53 Å². The number of ether oxygens (including phenoxy) is 2. The monoisotopic (exact) mass is 318 g/mol. The molecule has 7 heteroatoms. The molecule has 2 aliphatic heterocycles. The number of hydrogen-bond acceptors (Lipinski definition) is 6. The van der Waals surface area contributed by atoms with Gasteiger partial charge in [-0.05, 0) is 25.7 Å². The Bertz CT molecular complexity index is 592. The minimum absolute atomic E-state index is 0.0593. The zero-order chi connectivity index (χ0) is 15.8. The molecule has 23 heavy (non-hydrogen) atoms. The van der Waals surface area contributed by atoms with Gasteiger partial charge in [-0.15, -0.1) is 0 Å². The molecular formula is C16H22N4O3. The van der Waals surface area contributed by atoms with E-state index in [0.717, 1.165) is 38.1 Å². The van der Waals surface area contributed by atoms with E-state index in [0.29, 0.717) is 18.5 Å². The van der Waals surface area contributed by atoms with Crippen molar-refractivity contribution < 1.29 is 14.3 Å². The van der Waals surface area contributed by atoms with Gasteiger partial charge in [0.25, 0.3) is 0 Å². The molecule has 1 aromatic rings. The minimum Gasteiger partial charge on any atom is -0.481 e. The van der Waals surface area contributed by atoms with Crippen molar-refractivity contribution in [2.24, 2.45) is 5.92 Å². The summed E-state index contributed by atoms with van der Waals surface area (Å²) in [5, 5.41) is 3.12. The first kappa shape index (κ1) is 14.7. The highest BCUT2D eigenvalue weighted by molar-refractivity contribution is 5.80. The average Bonchev–Trinajstić information content (AvgIpc) is 3.27. The number of nitrogens with one attached hydrogen (secondary N) is 1. The van der Waals surface area contributed by atoms with Crippen molar-refractivity contribution in [3.63, 3.8) is 0 Å². The van der Waals surface area contributed by atoms with Crippen LogP contribution in [0, 0.1) is 5.92 Å². The van der Waals surface area contributed by atoms with E-state index in [-0.39, 0.29) is 24.0 Å². The number of rotatable bonds is 4. The Hall–Kier alpha value is -1.89. The number of carbonyl (C=O) groups excluding carboxylic acids is 1. The van der Waals surface area contributed by atoms with Gasteiger partial charge in [-0.3, -0.25) is 4.79 Å². The first-order valence-electron chi connectivity index (χ1n) is 8.29. The molecule has 0 spiro atoms. The Labute approximate surface area is 135 Å². The molecule has 1 saturated carbocycles. The molecule has 7 nitrogen and oxygen atoms in total. The van der Waals surface area contributed by atoms with Crippen LogP contribution in [0.2, 0.25) is 0 Å². The molecule has 1 aromatic heterocycles. The summed E-state index contributed by atoms with van der Waals surface area (Å²) >= 11 is 0. The van der Waals surface area contributed by atoms with Crippen LogP contribution >= 0.6 is 0 Å². The SMILES string of the molecule is COc1cc(N2C[C@H](C(=O)NC3CC3)C[C@H]3OCC[C@H]32)ncn1.